The summed E-state index contributed by atoms with van der Waals surface area (Å²) in [6, 6.07) is 63.5. The highest BCUT2D eigenvalue weighted by molar-refractivity contribution is 6.09. The van der Waals surface area contributed by atoms with Gasteiger partial charge >= 0.3 is 0 Å². The quantitative estimate of drug-likeness (QED) is 0.163. The van der Waals surface area contributed by atoms with Crippen molar-refractivity contribution in [2.75, 3.05) is 0 Å². The lowest BCUT2D eigenvalue weighted by atomic mass is 9.76. The van der Waals surface area contributed by atoms with Crippen LogP contribution < -0.4 is 0 Å². The number of fused-ring (bicyclic) bond motifs is 3. The molecular weight excluding hydrogens is 655 g/mol. The number of hydrogen-bond acceptors (Lipinski definition) is 2. The molecule has 2 heteroatoms. The normalized spacial score (nSPS) is 17.6. The molecule has 9 rings (SSSR count). The van der Waals surface area contributed by atoms with Gasteiger partial charge in [-0.1, -0.05) is 152 Å². The summed E-state index contributed by atoms with van der Waals surface area (Å²) in [5.74, 6) is 0.178. The number of benzene rings is 7. The molecular formula is C52H43NO. The second-order valence-electron chi connectivity index (χ2n) is 14.6. The Hall–Kier alpha value is -6.25. The summed E-state index contributed by atoms with van der Waals surface area (Å²) < 4.78 is 6.35. The zero-order valence-electron chi connectivity index (χ0n) is 30.9. The second kappa shape index (κ2) is 14.6. The van der Waals surface area contributed by atoms with Crippen molar-refractivity contribution in [3.05, 3.63) is 198 Å². The van der Waals surface area contributed by atoms with Crippen LogP contribution in [0.25, 0.3) is 60.9 Å². The summed E-state index contributed by atoms with van der Waals surface area (Å²) in [6.45, 7) is 4.68. The van der Waals surface area contributed by atoms with Crippen LogP contribution in [0.1, 0.15) is 55.8 Å². The predicted molar refractivity (Wildman–Crippen MR) is 228 cm³/mol. The average molecular weight is 698 g/mol. The largest absolute Gasteiger partial charge is 0.456 e. The highest BCUT2D eigenvalue weighted by atomic mass is 16.3. The van der Waals surface area contributed by atoms with Crippen LogP contribution in [-0.4, -0.2) is 5.71 Å². The monoisotopic (exact) mass is 697 g/mol. The van der Waals surface area contributed by atoms with Crippen LogP contribution in [0.3, 0.4) is 0 Å². The third kappa shape index (κ3) is 6.50. The molecule has 0 saturated carbocycles. The van der Waals surface area contributed by atoms with Crippen LogP contribution in [-0.2, 0) is 0 Å². The molecule has 2 heterocycles. The number of para-hydroxylation sites is 1. The summed E-state index contributed by atoms with van der Waals surface area (Å²) in [5.41, 5.74) is 16.8. The Balaban J connectivity index is 1.17. The Morgan fingerprint density at radius 2 is 1.00 bits per heavy atom. The Labute approximate surface area is 318 Å². The molecule has 54 heavy (non-hydrogen) atoms. The smallest absolute Gasteiger partial charge is 0.136 e. The molecule has 262 valence electrons. The Morgan fingerprint density at radius 3 is 1.67 bits per heavy atom. The molecule has 0 saturated heterocycles. The van der Waals surface area contributed by atoms with Crippen molar-refractivity contribution in [1.82, 2.24) is 0 Å². The van der Waals surface area contributed by atoms with E-state index < -0.39 is 0 Å². The Morgan fingerprint density at radius 1 is 0.481 bits per heavy atom. The van der Waals surface area contributed by atoms with Gasteiger partial charge in [0, 0.05) is 22.4 Å². The topological polar surface area (TPSA) is 25.5 Å². The van der Waals surface area contributed by atoms with Gasteiger partial charge < -0.3 is 4.42 Å². The molecule has 8 aromatic rings. The van der Waals surface area contributed by atoms with Crippen LogP contribution in [0.15, 0.2) is 191 Å². The number of aliphatic imine (C=N–C) groups is 1. The minimum Gasteiger partial charge on any atom is -0.456 e. The van der Waals surface area contributed by atoms with Gasteiger partial charge in [0.05, 0.1) is 6.04 Å². The van der Waals surface area contributed by atoms with Gasteiger partial charge in [-0.3, -0.25) is 4.99 Å². The van der Waals surface area contributed by atoms with E-state index in [0.717, 1.165) is 52.5 Å². The fraction of sp³-hybridized carbons (Fsp3) is 0.135. The van der Waals surface area contributed by atoms with Crippen molar-refractivity contribution >= 4 is 33.2 Å². The van der Waals surface area contributed by atoms with Crippen LogP contribution in [0.2, 0.25) is 0 Å². The van der Waals surface area contributed by atoms with Gasteiger partial charge in [0.15, 0.2) is 0 Å². The first-order valence-corrected chi connectivity index (χ1v) is 19.2. The predicted octanol–water partition coefficient (Wildman–Crippen LogP) is 14.4. The van der Waals surface area contributed by atoms with E-state index in [-0.39, 0.29) is 12.0 Å². The first kappa shape index (κ1) is 33.6. The summed E-state index contributed by atoms with van der Waals surface area (Å²) in [4.78, 5) is 5.74. The zero-order valence-corrected chi connectivity index (χ0v) is 30.9. The van der Waals surface area contributed by atoms with Crippen LogP contribution in [0.4, 0.5) is 0 Å². The number of furan rings is 1. The molecule has 0 bridgehead atoms. The maximum Gasteiger partial charge on any atom is 0.136 e. The second-order valence-corrected chi connectivity index (χ2v) is 14.6. The van der Waals surface area contributed by atoms with Crippen LogP contribution in [0.5, 0.6) is 0 Å². The zero-order chi connectivity index (χ0) is 36.4. The lowest BCUT2D eigenvalue weighted by molar-refractivity contribution is 0.516. The van der Waals surface area contributed by atoms with Gasteiger partial charge in [-0.2, -0.15) is 0 Å². The third-order valence-electron chi connectivity index (χ3n) is 11.2. The van der Waals surface area contributed by atoms with Crippen molar-refractivity contribution in [1.29, 1.82) is 0 Å². The lowest BCUT2D eigenvalue weighted by Gasteiger charge is -2.32. The molecule has 0 aliphatic carbocycles. The first-order valence-electron chi connectivity index (χ1n) is 19.2. The molecule has 0 spiro atoms. The van der Waals surface area contributed by atoms with E-state index in [1.54, 1.807) is 0 Å². The van der Waals surface area contributed by atoms with E-state index in [1.165, 1.54) is 55.7 Å². The summed E-state index contributed by atoms with van der Waals surface area (Å²) in [7, 11) is 0. The summed E-state index contributed by atoms with van der Waals surface area (Å²) >= 11 is 0. The van der Waals surface area contributed by atoms with Crippen LogP contribution in [0, 0.1) is 5.92 Å². The number of rotatable bonds is 7. The van der Waals surface area contributed by atoms with Gasteiger partial charge in [-0.15, -0.1) is 0 Å². The molecule has 0 radical (unpaired) electrons. The minimum absolute atomic E-state index is 0.0446. The maximum atomic E-state index is 6.35. The summed E-state index contributed by atoms with van der Waals surface area (Å²) in [6.07, 6.45) is 2.75. The molecule has 1 aromatic heterocycles. The minimum atomic E-state index is -0.0446. The maximum absolute atomic E-state index is 6.35. The summed E-state index contributed by atoms with van der Waals surface area (Å²) in [5, 5.41) is 2.30. The molecule has 0 amide bonds. The van der Waals surface area contributed by atoms with Crippen molar-refractivity contribution in [3.63, 3.8) is 0 Å². The average Bonchev–Trinajstić information content (AvgIpc) is 3.61. The molecule has 1 unspecified atom stereocenters. The molecule has 0 N–H and O–H groups in total. The van der Waals surface area contributed by atoms with Crippen molar-refractivity contribution in [2.24, 2.45) is 10.9 Å². The van der Waals surface area contributed by atoms with Crippen molar-refractivity contribution in [3.8, 4) is 33.4 Å². The highest BCUT2D eigenvalue weighted by Gasteiger charge is 2.30. The molecule has 1 aliphatic rings. The number of nitrogens with zero attached hydrogens (tertiary/aromatic N) is 1. The Kier molecular flexibility index (Phi) is 9.10. The standard InChI is InChI=1S/C52H43NO/c1-3-45-51(44-32-42(37-17-9-5-10-18-37)31-43(33-44)39-26-24-38(25-27-39)36-15-7-4-8-16-36)35(2)23-30-48(53-52(45)40-19-11-6-12-20-40)41-28-29-47-46-21-13-14-22-49(46)54-50(47)34-41/h4-22,24-29,31-34,45,52H,3,23,30H2,1-2H3/b51-35+,53-48?/t45-,52?/m1/s1. The molecule has 7 aromatic carbocycles. The SMILES string of the molecule is CC[C@@H]1/C(c2cc(-c3ccccc3)cc(-c3ccc(-c4ccccc4)cc3)c2)=C(\C)CCC(c2ccc3c(c2)oc2ccccc23)=NC1c1ccccc1. The fourth-order valence-corrected chi connectivity index (χ4v) is 8.44. The Bertz CT molecular complexity index is 2630. The van der Waals surface area contributed by atoms with E-state index in [0.29, 0.717) is 0 Å². The van der Waals surface area contributed by atoms with E-state index in [1.807, 2.05) is 12.1 Å². The molecule has 2 atom stereocenters. The first-order chi connectivity index (χ1) is 26.6. The molecule has 1 aliphatic heterocycles. The van der Waals surface area contributed by atoms with E-state index in [9.17, 15) is 0 Å². The third-order valence-corrected chi connectivity index (χ3v) is 11.2. The van der Waals surface area contributed by atoms with E-state index in [4.69, 9.17) is 9.41 Å². The van der Waals surface area contributed by atoms with E-state index in [2.05, 4.69) is 178 Å². The number of allylic oxidation sites excluding steroid dienone is 1. The van der Waals surface area contributed by atoms with Gasteiger partial charge in [-0.25, -0.2) is 0 Å². The lowest BCUT2D eigenvalue weighted by Crippen LogP contribution is -2.19. The van der Waals surface area contributed by atoms with Crippen molar-refractivity contribution in [2.45, 2.75) is 39.2 Å². The van der Waals surface area contributed by atoms with Crippen molar-refractivity contribution < 1.29 is 4.42 Å². The molecule has 2 nitrogen and oxygen atoms in total. The molecule has 0 fully saturated rings. The van der Waals surface area contributed by atoms with E-state index >= 15 is 0 Å². The highest BCUT2D eigenvalue weighted by Crippen LogP contribution is 2.45. The van der Waals surface area contributed by atoms with Crippen LogP contribution >= 0.6 is 0 Å². The van der Waals surface area contributed by atoms with Gasteiger partial charge in [0.25, 0.3) is 0 Å². The van der Waals surface area contributed by atoms with Gasteiger partial charge in [0.2, 0.25) is 0 Å². The fourth-order valence-electron chi connectivity index (χ4n) is 8.44. The van der Waals surface area contributed by atoms with Gasteiger partial charge in [-0.05, 0) is 118 Å². The van der Waals surface area contributed by atoms with Gasteiger partial charge in [0.1, 0.15) is 11.2 Å². The number of hydrogen-bond donors (Lipinski definition) is 0.